The largest absolute Gasteiger partial charge is 0.332 e. The summed E-state index contributed by atoms with van der Waals surface area (Å²) < 4.78 is 4.22. The van der Waals surface area contributed by atoms with Crippen molar-refractivity contribution in [1.29, 1.82) is 0 Å². The molecule has 0 aliphatic heterocycles. The highest BCUT2D eigenvalue weighted by Crippen LogP contribution is 2.24. The number of halogens is 2. The van der Waals surface area contributed by atoms with Crippen LogP contribution in [0.2, 0.25) is 10.0 Å². The lowest BCUT2D eigenvalue weighted by Gasteiger charge is -2.11. The highest BCUT2D eigenvalue weighted by atomic mass is 35.5. The number of fused-ring (bicyclic) bond motifs is 3. The van der Waals surface area contributed by atoms with Crippen molar-refractivity contribution in [2.24, 2.45) is 7.05 Å². The lowest BCUT2D eigenvalue weighted by Crippen LogP contribution is -2.39. The average Bonchev–Trinajstić information content (AvgIpc) is 3.09. The van der Waals surface area contributed by atoms with Crippen LogP contribution in [-0.4, -0.2) is 23.5 Å². The Morgan fingerprint density at radius 1 is 1.15 bits per heavy atom. The van der Waals surface area contributed by atoms with Crippen LogP contribution < -0.4 is 11.2 Å². The van der Waals surface area contributed by atoms with E-state index in [1.807, 2.05) is 13.8 Å². The van der Waals surface area contributed by atoms with E-state index >= 15 is 0 Å². The molecule has 26 heavy (non-hydrogen) atoms. The molecule has 1 N–H and O–H groups in total. The molecule has 3 aromatic heterocycles. The number of aryl methyl sites for hydroxylation is 3. The van der Waals surface area contributed by atoms with Gasteiger partial charge in [-0.05, 0) is 26.0 Å². The minimum atomic E-state index is -0.478. The third-order valence-electron chi connectivity index (χ3n) is 4.70. The molecule has 134 valence electrons. The molecule has 4 rings (SSSR count). The van der Waals surface area contributed by atoms with Gasteiger partial charge < -0.3 is 4.98 Å². The van der Waals surface area contributed by atoms with Crippen molar-refractivity contribution in [3.8, 4) is 0 Å². The number of imidazole rings is 2. The molecule has 1 aromatic carbocycles. The number of hydrogen-bond donors (Lipinski definition) is 1. The second-order valence-corrected chi connectivity index (χ2v) is 7.03. The van der Waals surface area contributed by atoms with Gasteiger partial charge in [0.05, 0.1) is 6.54 Å². The van der Waals surface area contributed by atoms with Crippen molar-refractivity contribution in [2.75, 3.05) is 0 Å². The van der Waals surface area contributed by atoms with Gasteiger partial charge >= 0.3 is 5.69 Å². The predicted molar refractivity (Wildman–Crippen MR) is 102 cm³/mol. The maximum Gasteiger partial charge on any atom is 0.332 e. The Hall–Kier alpha value is -2.51. The van der Waals surface area contributed by atoms with E-state index in [1.54, 1.807) is 29.6 Å². The molecular formula is C17H15Cl2N5O2. The van der Waals surface area contributed by atoms with E-state index in [9.17, 15) is 9.59 Å². The first-order valence-electron chi connectivity index (χ1n) is 7.91. The van der Waals surface area contributed by atoms with Crippen molar-refractivity contribution in [1.82, 2.24) is 23.5 Å². The van der Waals surface area contributed by atoms with Crippen LogP contribution in [0.4, 0.5) is 0 Å². The number of nitrogens with one attached hydrogen (secondary N) is 1. The molecule has 0 radical (unpaired) electrons. The monoisotopic (exact) mass is 391 g/mol. The zero-order chi connectivity index (χ0) is 18.7. The molecule has 0 fully saturated rings. The number of nitrogens with zero attached hydrogens (tertiary/aromatic N) is 4. The van der Waals surface area contributed by atoms with E-state index in [2.05, 4.69) is 9.97 Å². The molecule has 0 unspecified atom stereocenters. The SMILES string of the molecule is Cc1[nH]c2nc3c(c(=O)n(Cc4c(Cl)cccc4Cl)c(=O)n3C)n2c1C. The number of aromatic nitrogens is 5. The molecule has 0 aliphatic carbocycles. The zero-order valence-electron chi connectivity index (χ0n) is 14.3. The van der Waals surface area contributed by atoms with Gasteiger partial charge in [-0.25, -0.2) is 4.79 Å². The molecular weight excluding hydrogens is 377 g/mol. The molecule has 3 heterocycles. The van der Waals surface area contributed by atoms with E-state index in [0.717, 1.165) is 16.0 Å². The number of benzene rings is 1. The third kappa shape index (κ3) is 2.24. The molecule has 9 heteroatoms. The Morgan fingerprint density at radius 2 is 1.81 bits per heavy atom. The van der Waals surface area contributed by atoms with Gasteiger partial charge in [0.1, 0.15) is 0 Å². The Labute approximate surface area is 157 Å². The summed E-state index contributed by atoms with van der Waals surface area (Å²) >= 11 is 12.4. The van der Waals surface area contributed by atoms with Crippen molar-refractivity contribution >= 4 is 40.1 Å². The topological polar surface area (TPSA) is 77.1 Å². The smallest absolute Gasteiger partial charge is 0.327 e. The van der Waals surface area contributed by atoms with E-state index in [0.29, 0.717) is 32.6 Å². The predicted octanol–water partition coefficient (Wildman–Crippen LogP) is 2.65. The van der Waals surface area contributed by atoms with E-state index in [-0.39, 0.29) is 6.54 Å². The van der Waals surface area contributed by atoms with Crippen molar-refractivity contribution in [3.63, 3.8) is 0 Å². The maximum absolute atomic E-state index is 13.2. The molecule has 4 aromatic rings. The number of aromatic amines is 1. The molecule has 0 bridgehead atoms. The van der Waals surface area contributed by atoms with Crippen LogP contribution in [0.3, 0.4) is 0 Å². The van der Waals surface area contributed by atoms with Gasteiger partial charge in [0.2, 0.25) is 5.78 Å². The average molecular weight is 392 g/mol. The van der Waals surface area contributed by atoms with Crippen LogP contribution in [0.25, 0.3) is 16.9 Å². The van der Waals surface area contributed by atoms with Gasteiger partial charge in [0.25, 0.3) is 5.56 Å². The summed E-state index contributed by atoms with van der Waals surface area (Å²) in [7, 11) is 1.59. The quantitative estimate of drug-likeness (QED) is 0.570. The standard InChI is InChI=1S/C17H15Cl2N5O2/c1-8-9(2)24-13-14(21-16(24)20-8)22(3)17(26)23(15(13)25)7-10-11(18)5-4-6-12(10)19/h4-6H,7H2,1-3H3,(H,20,21). The highest BCUT2D eigenvalue weighted by Gasteiger charge is 2.20. The second kappa shape index (κ2) is 5.75. The molecule has 0 spiro atoms. The fourth-order valence-corrected chi connectivity index (χ4v) is 3.65. The first-order chi connectivity index (χ1) is 12.3. The summed E-state index contributed by atoms with van der Waals surface area (Å²) in [6, 6.07) is 5.06. The van der Waals surface area contributed by atoms with Crippen molar-refractivity contribution < 1.29 is 0 Å². The summed E-state index contributed by atoms with van der Waals surface area (Å²) in [5.74, 6) is 0.524. The minimum Gasteiger partial charge on any atom is -0.327 e. The Balaban J connectivity index is 2.09. The third-order valence-corrected chi connectivity index (χ3v) is 5.41. The molecule has 0 amide bonds. The van der Waals surface area contributed by atoms with E-state index in [4.69, 9.17) is 23.2 Å². The first kappa shape index (κ1) is 16.9. The second-order valence-electron chi connectivity index (χ2n) is 6.21. The normalized spacial score (nSPS) is 11.7. The number of hydrogen-bond acceptors (Lipinski definition) is 3. The lowest BCUT2D eigenvalue weighted by atomic mass is 10.2. The van der Waals surface area contributed by atoms with Crippen molar-refractivity contribution in [3.05, 3.63) is 66.0 Å². The zero-order valence-corrected chi connectivity index (χ0v) is 15.8. The highest BCUT2D eigenvalue weighted by molar-refractivity contribution is 6.35. The Morgan fingerprint density at radius 3 is 2.46 bits per heavy atom. The van der Waals surface area contributed by atoms with Gasteiger partial charge in [-0.15, -0.1) is 0 Å². The van der Waals surface area contributed by atoms with Crippen LogP contribution in [0.1, 0.15) is 17.0 Å². The fourth-order valence-electron chi connectivity index (χ4n) is 3.14. The molecule has 0 saturated carbocycles. The van der Waals surface area contributed by atoms with Crippen LogP contribution in [-0.2, 0) is 13.6 Å². The molecule has 0 aliphatic rings. The van der Waals surface area contributed by atoms with Gasteiger partial charge in [-0.3, -0.25) is 18.3 Å². The van der Waals surface area contributed by atoms with Gasteiger partial charge in [-0.2, -0.15) is 4.98 Å². The van der Waals surface area contributed by atoms with Gasteiger partial charge in [-0.1, -0.05) is 29.3 Å². The van der Waals surface area contributed by atoms with Gasteiger partial charge in [0.15, 0.2) is 11.2 Å². The number of H-pyrrole nitrogens is 1. The Bertz CT molecular complexity index is 1290. The summed E-state index contributed by atoms with van der Waals surface area (Å²) in [5.41, 5.74) is 2.05. The van der Waals surface area contributed by atoms with Crippen molar-refractivity contribution in [2.45, 2.75) is 20.4 Å². The van der Waals surface area contributed by atoms with Crippen LogP contribution in [0.15, 0.2) is 27.8 Å². The molecule has 0 saturated heterocycles. The van der Waals surface area contributed by atoms with Gasteiger partial charge in [0, 0.05) is 34.0 Å². The summed E-state index contributed by atoms with van der Waals surface area (Å²) in [6.45, 7) is 3.77. The first-order valence-corrected chi connectivity index (χ1v) is 8.67. The summed E-state index contributed by atoms with van der Waals surface area (Å²) in [6.07, 6.45) is 0. The minimum absolute atomic E-state index is 0.0182. The fraction of sp³-hybridized carbons (Fsp3) is 0.235. The Kier molecular flexibility index (Phi) is 3.75. The molecule has 0 atom stereocenters. The lowest BCUT2D eigenvalue weighted by molar-refractivity contribution is 0.656. The number of rotatable bonds is 2. The summed E-state index contributed by atoms with van der Waals surface area (Å²) in [4.78, 5) is 33.4. The molecule has 7 nitrogen and oxygen atoms in total. The maximum atomic E-state index is 13.2. The summed E-state index contributed by atoms with van der Waals surface area (Å²) in [5, 5.41) is 0.803. The van der Waals surface area contributed by atoms with E-state index in [1.165, 1.54) is 4.57 Å². The van der Waals surface area contributed by atoms with Crippen LogP contribution in [0, 0.1) is 13.8 Å². The van der Waals surface area contributed by atoms with Crippen LogP contribution in [0.5, 0.6) is 0 Å². The van der Waals surface area contributed by atoms with Crippen LogP contribution >= 0.6 is 23.2 Å². The van der Waals surface area contributed by atoms with E-state index < -0.39 is 11.2 Å².